The summed E-state index contributed by atoms with van der Waals surface area (Å²) in [7, 11) is 0. The molecule has 1 aliphatic rings. The van der Waals surface area contributed by atoms with E-state index in [2.05, 4.69) is 26.9 Å². The van der Waals surface area contributed by atoms with E-state index in [4.69, 9.17) is 4.74 Å². The quantitative estimate of drug-likeness (QED) is 0.656. The molecule has 1 atom stereocenters. The van der Waals surface area contributed by atoms with Crippen LogP contribution in [0.3, 0.4) is 0 Å². The summed E-state index contributed by atoms with van der Waals surface area (Å²) in [5.74, 6) is 2.29. The monoisotopic (exact) mass is 355 g/mol. The molecule has 0 saturated heterocycles. The Morgan fingerprint density at radius 2 is 2.00 bits per heavy atom. The van der Waals surface area contributed by atoms with Crippen molar-refractivity contribution in [3.63, 3.8) is 0 Å². The van der Waals surface area contributed by atoms with Gasteiger partial charge in [-0.2, -0.15) is 0 Å². The minimum atomic E-state index is -0.561. The van der Waals surface area contributed by atoms with E-state index >= 15 is 0 Å². The molecule has 1 N–H and O–H groups in total. The number of hydrogen-bond acceptors (Lipinski definition) is 5. The van der Waals surface area contributed by atoms with E-state index < -0.39 is 6.10 Å². The third-order valence-electron chi connectivity index (χ3n) is 4.33. The van der Waals surface area contributed by atoms with Crippen LogP contribution in [-0.2, 0) is 0 Å². The maximum atomic E-state index is 10.3. The lowest BCUT2D eigenvalue weighted by molar-refractivity contribution is 0.127. The molecule has 130 valence electrons. The number of benzene rings is 2. The van der Waals surface area contributed by atoms with Crippen LogP contribution in [0.25, 0.3) is 10.8 Å². The summed E-state index contributed by atoms with van der Waals surface area (Å²) in [6, 6.07) is 14.6. The van der Waals surface area contributed by atoms with E-state index in [9.17, 15) is 5.11 Å². The van der Waals surface area contributed by atoms with Gasteiger partial charge in [0.15, 0.2) is 5.16 Å². The molecular formula is C19H21N3O2S. The number of fused-ring (bicyclic) bond motifs is 1. The second kappa shape index (κ2) is 7.06. The smallest absolute Gasteiger partial charge is 0.191 e. The van der Waals surface area contributed by atoms with E-state index in [1.165, 1.54) is 12.8 Å². The van der Waals surface area contributed by atoms with Gasteiger partial charge in [0.1, 0.15) is 18.2 Å². The van der Waals surface area contributed by atoms with Crippen LogP contribution in [0.15, 0.2) is 47.6 Å². The van der Waals surface area contributed by atoms with Crippen molar-refractivity contribution in [2.24, 2.45) is 0 Å². The van der Waals surface area contributed by atoms with Gasteiger partial charge in [-0.3, -0.25) is 0 Å². The molecule has 1 fully saturated rings. The molecule has 25 heavy (non-hydrogen) atoms. The van der Waals surface area contributed by atoms with E-state index in [0.29, 0.717) is 11.8 Å². The lowest BCUT2D eigenvalue weighted by Gasteiger charge is -2.14. The molecule has 0 radical (unpaired) electrons. The largest absolute Gasteiger partial charge is 0.490 e. The van der Waals surface area contributed by atoms with Gasteiger partial charge in [0, 0.05) is 17.2 Å². The topological polar surface area (TPSA) is 60.2 Å². The molecule has 2 aromatic carbocycles. The number of hydrogen-bond donors (Lipinski definition) is 1. The predicted octanol–water partition coefficient (Wildman–Crippen LogP) is 3.61. The molecule has 1 heterocycles. The summed E-state index contributed by atoms with van der Waals surface area (Å²) in [6.45, 7) is 2.24. The highest BCUT2D eigenvalue weighted by atomic mass is 32.2. The number of rotatable bonds is 7. The number of aliphatic hydroxyl groups excluding tert-OH is 1. The SMILES string of the molecule is Cc1nnc(SCC(O)COc2cccc3ccccc23)n1C1CC1. The summed E-state index contributed by atoms with van der Waals surface area (Å²) < 4.78 is 8.04. The fourth-order valence-corrected chi connectivity index (χ4v) is 3.88. The summed E-state index contributed by atoms with van der Waals surface area (Å²) in [6.07, 6.45) is 1.83. The normalized spacial score (nSPS) is 15.4. The third kappa shape index (κ3) is 3.65. The van der Waals surface area contributed by atoms with Crippen LogP contribution in [-0.4, -0.2) is 38.3 Å². The Labute approximate surface area is 151 Å². The number of aromatic nitrogens is 3. The van der Waals surface area contributed by atoms with Crippen LogP contribution in [0, 0.1) is 6.92 Å². The summed E-state index contributed by atoms with van der Waals surface area (Å²) in [5.41, 5.74) is 0. The van der Waals surface area contributed by atoms with Gasteiger partial charge in [0.2, 0.25) is 0 Å². The van der Waals surface area contributed by atoms with Crippen molar-refractivity contribution in [3.8, 4) is 5.75 Å². The van der Waals surface area contributed by atoms with Crippen LogP contribution in [0.1, 0.15) is 24.7 Å². The summed E-state index contributed by atoms with van der Waals surface area (Å²) in [4.78, 5) is 0. The number of nitrogens with zero attached hydrogens (tertiary/aromatic N) is 3. The maximum absolute atomic E-state index is 10.3. The first-order valence-corrected chi connectivity index (χ1v) is 9.54. The lowest BCUT2D eigenvalue weighted by Crippen LogP contribution is -2.20. The van der Waals surface area contributed by atoms with Crippen molar-refractivity contribution in [1.29, 1.82) is 0 Å². The minimum Gasteiger partial charge on any atom is -0.490 e. The number of thioether (sulfide) groups is 1. The summed E-state index contributed by atoms with van der Waals surface area (Å²) >= 11 is 1.54. The molecule has 0 aliphatic heterocycles. The van der Waals surface area contributed by atoms with Crippen molar-refractivity contribution in [3.05, 3.63) is 48.3 Å². The molecule has 6 heteroatoms. The molecule has 1 aromatic heterocycles. The van der Waals surface area contributed by atoms with E-state index in [0.717, 1.165) is 27.5 Å². The Morgan fingerprint density at radius 3 is 2.84 bits per heavy atom. The van der Waals surface area contributed by atoms with Gasteiger partial charge >= 0.3 is 0 Å². The number of ether oxygens (including phenoxy) is 1. The van der Waals surface area contributed by atoms with Gasteiger partial charge in [0.25, 0.3) is 0 Å². The van der Waals surface area contributed by atoms with Crippen molar-refractivity contribution in [1.82, 2.24) is 14.8 Å². The van der Waals surface area contributed by atoms with Gasteiger partial charge in [-0.1, -0.05) is 48.2 Å². The van der Waals surface area contributed by atoms with Gasteiger partial charge in [-0.25, -0.2) is 0 Å². The van der Waals surface area contributed by atoms with Crippen LogP contribution >= 0.6 is 11.8 Å². The first-order valence-electron chi connectivity index (χ1n) is 8.55. The molecule has 0 bridgehead atoms. The first-order chi connectivity index (χ1) is 12.2. The number of aryl methyl sites for hydroxylation is 1. The van der Waals surface area contributed by atoms with Crippen molar-refractivity contribution in [2.75, 3.05) is 12.4 Å². The van der Waals surface area contributed by atoms with Gasteiger partial charge in [-0.05, 0) is 31.2 Å². The average Bonchev–Trinajstić information content (AvgIpc) is 3.40. The number of aliphatic hydroxyl groups is 1. The van der Waals surface area contributed by atoms with Crippen LogP contribution in [0.2, 0.25) is 0 Å². The Bertz CT molecular complexity index is 871. The van der Waals surface area contributed by atoms with Crippen LogP contribution < -0.4 is 4.74 Å². The highest BCUT2D eigenvalue weighted by Gasteiger charge is 2.28. The molecule has 1 saturated carbocycles. The zero-order valence-electron chi connectivity index (χ0n) is 14.1. The molecule has 0 amide bonds. The first kappa shape index (κ1) is 16.4. The van der Waals surface area contributed by atoms with E-state index in [1.807, 2.05) is 37.3 Å². The maximum Gasteiger partial charge on any atom is 0.191 e. The Kier molecular flexibility index (Phi) is 4.63. The Morgan fingerprint density at radius 1 is 1.20 bits per heavy atom. The Hall–Kier alpha value is -2.05. The fraction of sp³-hybridized carbons (Fsp3) is 0.368. The molecule has 4 rings (SSSR count). The molecule has 0 spiro atoms. The average molecular weight is 355 g/mol. The predicted molar refractivity (Wildman–Crippen MR) is 99.2 cm³/mol. The molecule has 3 aromatic rings. The van der Waals surface area contributed by atoms with E-state index in [-0.39, 0.29) is 6.61 Å². The van der Waals surface area contributed by atoms with E-state index in [1.54, 1.807) is 11.8 Å². The van der Waals surface area contributed by atoms with Gasteiger partial charge in [-0.15, -0.1) is 10.2 Å². The molecule has 5 nitrogen and oxygen atoms in total. The second-order valence-electron chi connectivity index (χ2n) is 6.38. The molecule has 1 aliphatic carbocycles. The van der Waals surface area contributed by atoms with Crippen molar-refractivity contribution in [2.45, 2.75) is 37.1 Å². The van der Waals surface area contributed by atoms with Gasteiger partial charge in [0.05, 0.1) is 6.10 Å². The fourth-order valence-electron chi connectivity index (χ4n) is 2.93. The highest BCUT2D eigenvalue weighted by molar-refractivity contribution is 7.99. The van der Waals surface area contributed by atoms with Crippen molar-refractivity contribution < 1.29 is 9.84 Å². The zero-order valence-corrected chi connectivity index (χ0v) is 14.9. The van der Waals surface area contributed by atoms with Crippen LogP contribution in [0.5, 0.6) is 5.75 Å². The minimum absolute atomic E-state index is 0.261. The molecular weight excluding hydrogens is 334 g/mol. The van der Waals surface area contributed by atoms with Gasteiger partial charge < -0.3 is 14.4 Å². The zero-order chi connectivity index (χ0) is 17.2. The van der Waals surface area contributed by atoms with Crippen molar-refractivity contribution >= 4 is 22.5 Å². The summed E-state index contributed by atoms with van der Waals surface area (Å²) in [5, 5.41) is 21.8. The standard InChI is InChI=1S/C19H21N3O2S/c1-13-20-21-19(22(13)15-9-10-15)25-12-16(23)11-24-18-8-4-6-14-5-2-3-7-17(14)18/h2-8,15-16,23H,9-12H2,1H3. The lowest BCUT2D eigenvalue weighted by atomic mass is 10.1. The second-order valence-corrected chi connectivity index (χ2v) is 7.37. The Balaban J connectivity index is 1.36. The molecule has 1 unspecified atom stereocenters. The van der Waals surface area contributed by atoms with Crippen LogP contribution in [0.4, 0.5) is 0 Å². The highest BCUT2D eigenvalue weighted by Crippen LogP contribution is 2.38. The third-order valence-corrected chi connectivity index (χ3v) is 5.42.